The van der Waals surface area contributed by atoms with E-state index in [1.807, 2.05) is 12.1 Å². The normalized spacial score (nSPS) is 29.7. The highest BCUT2D eigenvalue weighted by Gasteiger charge is 2.53. The number of nitrogens with zero attached hydrogens (tertiary/aromatic N) is 3. The standard InChI is InChI=1S/C23H25ClN4O4S/c24-14-11-28(21-18(30)12-32-22(14)21)16-6-2-1-4-13(16)17(29)10-25-23(31)20-8-7-19(33-20)15-5-3-9-26-27-15/h3,5,7-9,13-14,16,21-22H,1-2,4,6,10-12H2,(H,25,31)/t13-,14-,16?,21+,22+/m0/s1. The van der Waals surface area contributed by atoms with Crippen LogP contribution in [0.3, 0.4) is 0 Å². The number of ketones is 2. The summed E-state index contributed by atoms with van der Waals surface area (Å²) in [4.78, 5) is 41.7. The molecule has 0 aromatic carbocycles. The molecule has 1 saturated carbocycles. The van der Waals surface area contributed by atoms with Gasteiger partial charge in [-0.25, -0.2) is 0 Å². The van der Waals surface area contributed by atoms with E-state index in [0.29, 0.717) is 17.1 Å². The van der Waals surface area contributed by atoms with Crippen molar-refractivity contribution in [3.05, 3.63) is 35.3 Å². The predicted octanol–water partition coefficient (Wildman–Crippen LogP) is 2.32. The average molecular weight is 489 g/mol. The highest BCUT2D eigenvalue weighted by atomic mass is 35.5. The number of halogens is 1. The summed E-state index contributed by atoms with van der Waals surface area (Å²) >= 11 is 7.78. The van der Waals surface area contributed by atoms with Gasteiger partial charge in [-0.3, -0.25) is 19.3 Å². The summed E-state index contributed by atoms with van der Waals surface area (Å²) in [7, 11) is 0. The summed E-state index contributed by atoms with van der Waals surface area (Å²) in [6.45, 7) is 0.604. The van der Waals surface area contributed by atoms with Crippen molar-refractivity contribution in [3.8, 4) is 10.6 Å². The molecule has 0 spiro atoms. The number of thiophene rings is 1. The number of rotatable bonds is 6. The minimum Gasteiger partial charge on any atom is -0.367 e. The molecule has 174 valence electrons. The molecule has 2 saturated heterocycles. The maximum absolute atomic E-state index is 13.2. The predicted molar refractivity (Wildman–Crippen MR) is 123 cm³/mol. The lowest BCUT2D eigenvalue weighted by atomic mass is 9.80. The zero-order chi connectivity index (χ0) is 22.9. The zero-order valence-corrected chi connectivity index (χ0v) is 19.6. The molecular formula is C23H25ClN4O4S. The lowest BCUT2D eigenvalue weighted by Gasteiger charge is -2.39. The van der Waals surface area contributed by atoms with Crippen LogP contribution in [0.4, 0.5) is 0 Å². The maximum atomic E-state index is 13.2. The van der Waals surface area contributed by atoms with Gasteiger partial charge in [-0.05, 0) is 37.1 Å². The number of hydrogen-bond acceptors (Lipinski definition) is 8. The first-order chi connectivity index (χ1) is 16.0. The molecule has 4 heterocycles. The van der Waals surface area contributed by atoms with Crippen molar-refractivity contribution >= 4 is 40.4 Å². The van der Waals surface area contributed by atoms with E-state index in [-0.39, 0.29) is 60.1 Å². The molecule has 10 heteroatoms. The van der Waals surface area contributed by atoms with Gasteiger partial charge >= 0.3 is 0 Å². The Morgan fingerprint density at radius 1 is 1.24 bits per heavy atom. The maximum Gasteiger partial charge on any atom is 0.261 e. The lowest BCUT2D eigenvalue weighted by Crippen LogP contribution is -2.52. The van der Waals surface area contributed by atoms with Crippen LogP contribution in [0, 0.1) is 5.92 Å². The number of carbonyl (C=O) groups is 3. The second kappa shape index (κ2) is 9.58. The molecule has 1 amide bonds. The number of aromatic nitrogens is 2. The minimum absolute atomic E-state index is 0.000285. The molecule has 2 aromatic rings. The molecular weight excluding hydrogens is 464 g/mol. The van der Waals surface area contributed by atoms with Gasteiger partial charge in [0.05, 0.1) is 33.8 Å². The number of hydrogen-bond donors (Lipinski definition) is 1. The Labute approximate surface area is 200 Å². The van der Waals surface area contributed by atoms with E-state index in [1.165, 1.54) is 11.3 Å². The van der Waals surface area contributed by atoms with Crippen LogP contribution in [-0.2, 0) is 14.3 Å². The van der Waals surface area contributed by atoms with E-state index in [1.54, 1.807) is 18.3 Å². The highest BCUT2D eigenvalue weighted by Crippen LogP contribution is 2.38. The molecule has 1 unspecified atom stereocenters. The van der Waals surface area contributed by atoms with Crippen LogP contribution in [0.25, 0.3) is 10.6 Å². The largest absolute Gasteiger partial charge is 0.367 e. The van der Waals surface area contributed by atoms with Gasteiger partial charge in [0.1, 0.15) is 12.3 Å². The number of amides is 1. The third kappa shape index (κ3) is 4.47. The second-order valence-corrected chi connectivity index (χ2v) is 10.4. The van der Waals surface area contributed by atoms with Gasteiger partial charge in [0, 0.05) is 24.7 Å². The molecule has 2 aromatic heterocycles. The Hall–Kier alpha value is -2.20. The van der Waals surface area contributed by atoms with Crippen molar-refractivity contribution in [1.82, 2.24) is 20.4 Å². The molecule has 1 aliphatic carbocycles. The van der Waals surface area contributed by atoms with Crippen LogP contribution < -0.4 is 5.32 Å². The average Bonchev–Trinajstić information content (AvgIpc) is 3.56. The zero-order valence-electron chi connectivity index (χ0n) is 18.0. The van der Waals surface area contributed by atoms with Gasteiger partial charge in [0.15, 0.2) is 11.6 Å². The number of fused-ring (bicyclic) bond motifs is 1. The number of carbonyl (C=O) groups excluding carboxylic acids is 3. The molecule has 3 fully saturated rings. The SMILES string of the molecule is O=C(NCC(=O)[C@H]1CCCCC1N1C[C@H](Cl)[C@H]2OCC(=O)[C@H]21)c1ccc(-c2cccnn2)s1. The first-order valence-electron chi connectivity index (χ1n) is 11.3. The fourth-order valence-electron chi connectivity index (χ4n) is 5.27. The highest BCUT2D eigenvalue weighted by molar-refractivity contribution is 7.17. The van der Waals surface area contributed by atoms with Crippen LogP contribution in [-0.4, -0.2) is 75.8 Å². The summed E-state index contributed by atoms with van der Waals surface area (Å²) in [5, 5.41) is 10.5. The van der Waals surface area contributed by atoms with Crippen molar-refractivity contribution in [2.75, 3.05) is 19.7 Å². The van der Waals surface area contributed by atoms with Crippen molar-refractivity contribution in [1.29, 1.82) is 0 Å². The summed E-state index contributed by atoms with van der Waals surface area (Å²) in [6, 6.07) is 6.79. The third-order valence-electron chi connectivity index (χ3n) is 6.80. The second-order valence-electron chi connectivity index (χ2n) is 8.78. The summed E-state index contributed by atoms with van der Waals surface area (Å²) in [5.74, 6) is -0.463. The van der Waals surface area contributed by atoms with E-state index >= 15 is 0 Å². The summed E-state index contributed by atoms with van der Waals surface area (Å²) in [5.41, 5.74) is 0.703. The summed E-state index contributed by atoms with van der Waals surface area (Å²) < 4.78 is 5.61. The van der Waals surface area contributed by atoms with Crippen LogP contribution in [0.5, 0.6) is 0 Å². The number of ether oxygens (including phenoxy) is 1. The monoisotopic (exact) mass is 488 g/mol. The van der Waals surface area contributed by atoms with Crippen molar-refractivity contribution in [2.24, 2.45) is 5.92 Å². The van der Waals surface area contributed by atoms with Crippen LogP contribution in [0.2, 0.25) is 0 Å². The van der Waals surface area contributed by atoms with Gasteiger partial charge < -0.3 is 10.1 Å². The molecule has 3 aliphatic rings. The van der Waals surface area contributed by atoms with E-state index in [0.717, 1.165) is 30.6 Å². The van der Waals surface area contributed by atoms with Crippen LogP contribution >= 0.6 is 22.9 Å². The van der Waals surface area contributed by atoms with Gasteiger partial charge in [0.25, 0.3) is 5.91 Å². The molecule has 1 N–H and O–H groups in total. The Morgan fingerprint density at radius 3 is 2.91 bits per heavy atom. The fraction of sp³-hybridized carbons (Fsp3) is 0.522. The van der Waals surface area contributed by atoms with Crippen molar-refractivity contribution < 1.29 is 19.1 Å². The van der Waals surface area contributed by atoms with Gasteiger partial charge in [0.2, 0.25) is 0 Å². The molecule has 5 rings (SSSR count). The fourth-order valence-corrected chi connectivity index (χ4v) is 6.53. The smallest absolute Gasteiger partial charge is 0.261 e. The Bertz CT molecular complexity index is 1050. The molecule has 8 nitrogen and oxygen atoms in total. The molecule has 0 radical (unpaired) electrons. The van der Waals surface area contributed by atoms with Crippen molar-refractivity contribution in [3.63, 3.8) is 0 Å². The van der Waals surface area contributed by atoms with E-state index < -0.39 is 0 Å². The first kappa shape index (κ1) is 22.6. The van der Waals surface area contributed by atoms with E-state index in [9.17, 15) is 14.4 Å². The van der Waals surface area contributed by atoms with Crippen LogP contribution in [0.1, 0.15) is 35.4 Å². The number of alkyl halides is 1. The molecule has 0 bridgehead atoms. The first-order valence-corrected chi connectivity index (χ1v) is 12.5. The quantitative estimate of drug-likeness (QED) is 0.622. The van der Waals surface area contributed by atoms with Crippen LogP contribution in [0.15, 0.2) is 30.5 Å². The number of nitrogens with one attached hydrogen (secondary N) is 1. The Balaban J connectivity index is 1.23. The number of Topliss-reactive ketones (excluding diaryl/α,β-unsaturated/α-hetero) is 2. The van der Waals surface area contributed by atoms with Gasteiger partial charge in [-0.2, -0.15) is 5.10 Å². The molecule has 5 atom stereocenters. The Kier molecular flexibility index (Phi) is 6.56. The van der Waals surface area contributed by atoms with E-state index in [4.69, 9.17) is 16.3 Å². The topological polar surface area (TPSA) is 101 Å². The molecule has 33 heavy (non-hydrogen) atoms. The molecule has 2 aliphatic heterocycles. The van der Waals surface area contributed by atoms with Gasteiger partial charge in [-0.15, -0.1) is 28.0 Å². The van der Waals surface area contributed by atoms with Gasteiger partial charge in [-0.1, -0.05) is 12.8 Å². The van der Waals surface area contributed by atoms with E-state index in [2.05, 4.69) is 20.4 Å². The number of likely N-dealkylation sites (tertiary alicyclic amines) is 1. The Morgan fingerprint density at radius 2 is 2.09 bits per heavy atom. The lowest BCUT2D eigenvalue weighted by molar-refractivity contribution is -0.128. The third-order valence-corrected chi connectivity index (χ3v) is 8.30. The van der Waals surface area contributed by atoms with Crippen molar-refractivity contribution in [2.45, 2.75) is 49.2 Å². The summed E-state index contributed by atoms with van der Waals surface area (Å²) in [6.07, 6.45) is 4.88. The minimum atomic E-state index is -0.355.